The van der Waals surface area contributed by atoms with E-state index in [0.717, 1.165) is 49.6 Å². The monoisotopic (exact) mass is 376 g/mol. The van der Waals surface area contributed by atoms with Crippen molar-refractivity contribution in [2.75, 3.05) is 19.7 Å². The summed E-state index contributed by atoms with van der Waals surface area (Å²) in [6.45, 7) is 2.54. The van der Waals surface area contributed by atoms with Crippen LogP contribution in [0.2, 0.25) is 0 Å². The van der Waals surface area contributed by atoms with Crippen LogP contribution < -0.4 is 5.32 Å². The van der Waals surface area contributed by atoms with Gasteiger partial charge in [-0.1, -0.05) is 0 Å². The van der Waals surface area contributed by atoms with E-state index in [1.54, 1.807) is 17.0 Å². The number of pyridine rings is 2. The van der Waals surface area contributed by atoms with E-state index < -0.39 is 11.9 Å². The van der Waals surface area contributed by atoms with Crippen LogP contribution in [0.15, 0.2) is 42.9 Å². The van der Waals surface area contributed by atoms with E-state index in [2.05, 4.69) is 15.3 Å². The Balaban J connectivity index is 1.57. The minimum atomic E-state index is -4.45. The van der Waals surface area contributed by atoms with Gasteiger partial charge in [-0.05, 0) is 42.8 Å². The van der Waals surface area contributed by atoms with Gasteiger partial charge in [0.2, 0.25) is 0 Å². The highest BCUT2D eigenvalue weighted by Crippen LogP contribution is 2.28. The Bertz CT molecular complexity index is 913. The first-order chi connectivity index (χ1) is 13.0. The summed E-state index contributed by atoms with van der Waals surface area (Å²) in [5.41, 5.74) is 1.38. The van der Waals surface area contributed by atoms with E-state index in [4.69, 9.17) is 4.74 Å². The molecule has 0 aliphatic carbocycles. The predicted molar refractivity (Wildman–Crippen MR) is 94.8 cm³/mol. The molecule has 1 N–H and O–H groups in total. The number of rotatable bonds is 3. The molecule has 0 bridgehead atoms. The molecule has 3 aromatic rings. The van der Waals surface area contributed by atoms with Crippen molar-refractivity contribution >= 4 is 11.0 Å². The summed E-state index contributed by atoms with van der Waals surface area (Å²) >= 11 is 0. The zero-order valence-electron chi connectivity index (χ0n) is 14.5. The van der Waals surface area contributed by atoms with Gasteiger partial charge in [0.25, 0.3) is 0 Å². The molecule has 1 atom stereocenters. The van der Waals surface area contributed by atoms with Gasteiger partial charge < -0.3 is 10.1 Å². The summed E-state index contributed by atoms with van der Waals surface area (Å²) < 4.78 is 45.6. The van der Waals surface area contributed by atoms with Gasteiger partial charge in [0, 0.05) is 37.4 Å². The van der Waals surface area contributed by atoms with E-state index in [-0.39, 0.29) is 6.10 Å². The fraction of sp³-hybridized carbons (Fsp3) is 0.368. The summed E-state index contributed by atoms with van der Waals surface area (Å²) in [4.78, 5) is 8.03. The van der Waals surface area contributed by atoms with Crippen molar-refractivity contribution in [1.29, 1.82) is 0 Å². The molecule has 1 aliphatic heterocycles. The largest absolute Gasteiger partial charge is 0.433 e. The van der Waals surface area contributed by atoms with Crippen molar-refractivity contribution in [1.82, 2.24) is 19.9 Å². The van der Waals surface area contributed by atoms with Crippen LogP contribution in [0.5, 0.6) is 0 Å². The lowest BCUT2D eigenvalue weighted by molar-refractivity contribution is -0.141. The Kier molecular flexibility index (Phi) is 4.84. The van der Waals surface area contributed by atoms with Crippen LogP contribution in [-0.4, -0.2) is 40.3 Å². The average Bonchev–Trinajstić information content (AvgIpc) is 2.89. The lowest BCUT2D eigenvalue weighted by Crippen LogP contribution is -2.27. The van der Waals surface area contributed by atoms with Crippen molar-refractivity contribution in [3.8, 4) is 5.69 Å². The second kappa shape index (κ2) is 7.28. The molecule has 3 aromatic heterocycles. The minimum absolute atomic E-state index is 0.118. The zero-order chi connectivity index (χ0) is 18.9. The van der Waals surface area contributed by atoms with E-state index in [0.29, 0.717) is 11.3 Å². The number of hydrogen-bond donors (Lipinski definition) is 1. The molecule has 1 aliphatic rings. The standard InChI is InChI=1S/C19H19F3N4O/c20-19(21,22)17-3-2-15(11-24-17)26-6-4-14-8-13(10-25-18(14)26)9-16-12-23-5-1-7-27-16/h2-4,6,8,10-11,16,23H,1,5,7,9,12H2. The lowest BCUT2D eigenvalue weighted by atomic mass is 10.1. The quantitative estimate of drug-likeness (QED) is 0.762. The van der Waals surface area contributed by atoms with Crippen molar-refractivity contribution in [3.63, 3.8) is 0 Å². The first-order valence-corrected chi connectivity index (χ1v) is 8.82. The summed E-state index contributed by atoms with van der Waals surface area (Å²) in [5, 5.41) is 4.28. The predicted octanol–water partition coefficient (Wildman–Crippen LogP) is 3.36. The van der Waals surface area contributed by atoms with Crippen molar-refractivity contribution < 1.29 is 17.9 Å². The molecule has 0 spiro atoms. The molecule has 8 heteroatoms. The number of halogens is 3. The Labute approximate surface area is 154 Å². The summed E-state index contributed by atoms with van der Waals surface area (Å²) in [6, 6.07) is 6.32. The van der Waals surface area contributed by atoms with Gasteiger partial charge in [-0.15, -0.1) is 0 Å². The number of hydrogen-bond acceptors (Lipinski definition) is 4. The molecule has 5 nitrogen and oxygen atoms in total. The van der Waals surface area contributed by atoms with Crippen molar-refractivity contribution in [2.45, 2.75) is 25.1 Å². The number of alkyl halides is 3. The molecule has 4 heterocycles. The Hall–Kier alpha value is -2.45. The number of fused-ring (bicyclic) bond motifs is 1. The van der Waals surface area contributed by atoms with Crippen LogP contribution in [0.25, 0.3) is 16.7 Å². The van der Waals surface area contributed by atoms with Gasteiger partial charge in [0.15, 0.2) is 0 Å². The third-order valence-corrected chi connectivity index (χ3v) is 4.59. The number of nitrogens with one attached hydrogen (secondary N) is 1. The second-order valence-corrected chi connectivity index (χ2v) is 6.60. The average molecular weight is 376 g/mol. The van der Waals surface area contributed by atoms with Crippen LogP contribution in [0.3, 0.4) is 0 Å². The van der Waals surface area contributed by atoms with E-state index in [1.165, 1.54) is 12.3 Å². The third-order valence-electron chi connectivity index (χ3n) is 4.59. The summed E-state index contributed by atoms with van der Waals surface area (Å²) in [6.07, 6.45) is 2.25. The van der Waals surface area contributed by atoms with E-state index in [9.17, 15) is 13.2 Å². The molecule has 1 fully saturated rings. The molecule has 1 unspecified atom stereocenters. The highest BCUT2D eigenvalue weighted by atomic mass is 19.4. The molecule has 0 saturated carbocycles. The van der Waals surface area contributed by atoms with Gasteiger partial charge in [-0.2, -0.15) is 13.2 Å². The fourth-order valence-corrected chi connectivity index (χ4v) is 3.25. The molecule has 0 radical (unpaired) electrons. The first kappa shape index (κ1) is 17.9. The maximum Gasteiger partial charge on any atom is 0.433 e. The molecule has 0 aromatic carbocycles. The van der Waals surface area contributed by atoms with Crippen LogP contribution in [0.4, 0.5) is 13.2 Å². The van der Waals surface area contributed by atoms with Gasteiger partial charge >= 0.3 is 6.18 Å². The van der Waals surface area contributed by atoms with Crippen LogP contribution in [0.1, 0.15) is 17.7 Å². The van der Waals surface area contributed by atoms with Crippen molar-refractivity contribution in [2.24, 2.45) is 0 Å². The SMILES string of the molecule is FC(F)(F)c1ccc(-n2ccc3cc(CC4CNCCCO4)cnc32)cn1. The molecular weight excluding hydrogens is 357 g/mol. The van der Waals surface area contributed by atoms with Gasteiger partial charge in [-0.3, -0.25) is 4.57 Å². The number of ether oxygens (including phenoxy) is 1. The fourth-order valence-electron chi connectivity index (χ4n) is 3.25. The van der Waals surface area contributed by atoms with Gasteiger partial charge in [-0.25, -0.2) is 9.97 Å². The Morgan fingerprint density at radius 1 is 1.19 bits per heavy atom. The first-order valence-electron chi connectivity index (χ1n) is 8.82. The molecule has 142 valence electrons. The second-order valence-electron chi connectivity index (χ2n) is 6.60. The van der Waals surface area contributed by atoms with Crippen LogP contribution >= 0.6 is 0 Å². The highest BCUT2D eigenvalue weighted by Gasteiger charge is 2.32. The lowest BCUT2D eigenvalue weighted by Gasteiger charge is -2.15. The topological polar surface area (TPSA) is 52.0 Å². The molecule has 1 saturated heterocycles. The van der Waals surface area contributed by atoms with E-state index in [1.807, 2.05) is 12.1 Å². The number of aromatic nitrogens is 3. The smallest absolute Gasteiger partial charge is 0.377 e. The van der Waals surface area contributed by atoms with Crippen LogP contribution in [-0.2, 0) is 17.3 Å². The minimum Gasteiger partial charge on any atom is -0.377 e. The van der Waals surface area contributed by atoms with Gasteiger partial charge in [0.05, 0.1) is 18.0 Å². The molecule has 4 rings (SSSR count). The van der Waals surface area contributed by atoms with Crippen molar-refractivity contribution in [3.05, 3.63) is 54.1 Å². The zero-order valence-corrected chi connectivity index (χ0v) is 14.5. The Morgan fingerprint density at radius 3 is 2.85 bits per heavy atom. The summed E-state index contributed by atoms with van der Waals surface area (Å²) in [5.74, 6) is 0. The molecule has 0 amide bonds. The highest BCUT2D eigenvalue weighted by molar-refractivity contribution is 5.78. The molecule has 27 heavy (non-hydrogen) atoms. The maximum absolute atomic E-state index is 12.7. The van der Waals surface area contributed by atoms with Crippen LogP contribution in [0, 0.1) is 0 Å². The normalized spacial score (nSPS) is 18.6. The third kappa shape index (κ3) is 3.96. The summed E-state index contributed by atoms with van der Waals surface area (Å²) in [7, 11) is 0. The van der Waals surface area contributed by atoms with E-state index >= 15 is 0 Å². The molecular formula is C19H19F3N4O. The van der Waals surface area contributed by atoms with Gasteiger partial charge in [0.1, 0.15) is 11.3 Å². The number of nitrogens with zero attached hydrogens (tertiary/aromatic N) is 3. The Morgan fingerprint density at radius 2 is 2.07 bits per heavy atom. The maximum atomic E-state index is 12.7.